The van der Waals surface area contributed by atoms with E-state index in [9.17, 15) is 8.42 Å². The number of hydrogen-bond acceptors (Lipinski definition) is 4. The number of benzene rings is 1. The normalized spacial score (nSPS) is 17.0. The summed E-state index contributed by atoms with van der Waals surface area (Å²) < 4.78 is 37.4. The molecule has 1 aromatic carbocycles. The lowest BCUT2D eigenvalue weighted by atomic mass is 10.2. The molecule has 0 spiro atoms. The smallest absolute Gasteiger partial charge is 0.240 e. The molecule has 0 heterocycles. The van der Waals surface area contributed by atoms with Gasteiger partial charge in [0, 0.05) is 12.1 Å². The van der Waals surface area contributed by atoms with E-state index in [1.165, 1.54) is 26.4 Å². The van der Waals surface area contributed by atoms with Gasteiger partial charge in [-0.25, -0.2) is 13.1 Å². The van der Waals surface area contributed by atoms with Gasteiger partial charge >= 0.3 is 0 Å². The molecule has 1 N–H and O–H groups in total. The van der Waals surface area contributed by atoms with Crippen LogP contribution in [-0.2, 0) is 10.0 Å². The van der Waals surface area contributed by atoms with Gasteiger partial charge in [-0.3, -0.25) is 0 Å². The molecular formula is C13H19NO4S. The largest absolute Gasteiger partial charge is 0.493 e. The van der Waals surface area contributed by atoms with Crippen LogP contribution in [0.15, 0.2) is 23.1 Å². The summed E-state index contributed by atoms with van der Waals surface area (Å²) in [5, 5.41) is 0. The van der Waals surface area contributed by atoms with E-state index in [1.54, 1.807) is 6.07 Å². The average molecular weight is 285 g/mol. The minimum absolute atomic E-state index is 0.0295. The van der Waals surface area contributed by atoms with Crippen molar-refractivity contribution in [2.24, 2.45) is 5.92 Å². The van der Waals surface area contributed by atoms with Crippen LogP contribution in [0.25, 0.3) is 0 Å². The van der Waals surface area contributed by atoms with Crippen LogP contribution in [0.3, 0.4) is 0 Å². The second-order valence-electron chi connectivity index (χ2n) is 4.76. The first kappa shape index (κ1) is 14.1. The molecule has 1 saturated carbocycles. The first-order valence-corrected chi connectivity index (χ1v) is 7.70. The lowest BCUT2D eigenvalue weighted by Crippen LogP contribution is -2.34. The molecule has 5 nitrogen and oxygen atoms in total. The molecule has 1 fully saturated rings. The standard InChI is InChI=1S/C13H19NO4S/c1-9(10-4-5-10)14-19(15,16)11-6-7-12(17-2)13(8-11)18-3/h6-10,14H,4-5H2,1-3H3/t9-/m0/s1. The number of ether oxygens (including phenoxy) is 2. The van der Waals surface area contributed by atoms with Crippen LogP contribution in [0.5, 0.6) is 11.5 Å². The Morgan fingerprint density at radius 3 is 2.37 bits per heavy atom. The van der Waals surface area contributed by atoms with Gasteiger partial charge < -0.3 is 9.47 Å². The SMILES string of the molecule is COc1ccc(S(=O)(=O)N[C@@H](C)C2CC2)cc1OC. The minimum Gasteiger partial charge on any atom is -0.493 e. The van der Waals surface area contributed by atoms with Crippen LogP contribution in [0, 0.1) is 5.92 Å². The quantitative estimate of drug-likeness (QED) is 0.865. The summed E-state index contributed by atoms with van der Waals surface area (Å²) in [6, 6.07) is 4.55. The lowest BCUT2D eigenvalue weighted by Gasteiger charge is -2.14. The maximum absolute atomic E-state index is 12.2. The molecule has 0 radical (unpaired) electrons. The topological polar surface area (TPSA) is 64.6 Å². The molecular weight excluding hydrogens is 266 g/mol. The lowest BCUT2D eigenvalue weighted by molar-refractivity contribution is 0.354. The van der Waals surface area contributed by atoms with Crippen LogP contribution < -0.4 is 14.2 Å². The highest BCUT2D eigenvalue weighted by molar-refractivity contribution is 7.89. The van der Waals surface area contributed by atoms with E-state index in [2.05, 4.69) is 4.72 Å². The number of nitrogens with one attached hydrogen (secondary N) is 1. The second kappa shape index (κ2) is 5.38. The van der Waals surface area contributed by atoms with E-state index in [4.69, 9.17) is 9.47 Å². The van der Waals surface area contributed by atoms with Crippen LogP contribution in [-0.4, -0.2) is 28.7 Å². The third kappa shape index (κ3) is 3.19. The van der Waals surface area contributed by atoms with Crippen LogP contribution >= 0.6 is 0 Å². The third-order valence-electron chi connectivity index (χ3n) is 3.34. The average Bonchev–Trinajstić information content (AvgIpc) is 3.21. The van der Waals surface area contributed by atoms with Gasteiger partial charge in [0.05, 0.1) is 19.1 Å². The van der Waals surface area contributed by atoms with Gasteiger partial charge in [-0.15, -0.1) is 0 Å². The van der Waals surface area contributed by atoms with E-state index < -0.39 is 10.0 Å². The van der Waals surface area contributed by atoms with E-state index in [0.29, 0.717) is 17.4 Å². The van der Waals surface area contributed by atoms with E-state index >= 15 is 0 Å². The van der Waals surface area contributed by atoms with Gasteiger partial charge in [0.25, 0.3) is 0 Å². The number of methoxy groups -OCH3 is 2. The fraction of sp³-hybridized carbons (Fsp3) is 0.538. The van der Waals surface area contributed by atoms with Gasteiger partial charge in [-0.1, -0.05) is 0 Å². The first-order chi connectivity index (χ1) is 8.97. The van der Waals surface area contributed by atoms with E-state index in [-0.39, 0.29) is 10.9 Å². The van der Waals surface area contributed by atoms with E-state index in [0.717, 1.165) is 12.8 Å². The molecule has 1 aliphatic carbocycles. The Morgan fingerprint density at radius 1 is 1.21 bits per heavy atom. The maximum Gasteiger partial charge on any atom is 0.240 e. The molecule has 1 aromatic rings. The van der Waals surface area contributed by atoms with Gasteiger partial charge in [0.1, 0.15) is 0 Å². The fourth-order valence-electron chi connectivity index (χ4n) is 1.99. The minimum atomic E-state index is -3.51. The molecule has 19 heavy (non-hydrogen) atoms. The number of hydrogen-bond donors (Lipinski definition) is 1. The number of rotatable bonds is 6. The van der Waals surface area contributed by atoms with Crippen LogP contribution in [0.2, 0.25) is 0 Å². The highest BCUT2D eigenvalue weighted by Crippen LogP contribution is 2.34. The molecule has 2 rings (SSSR count). The highest BCUT2D eigenvalue weighted by Gasteiger charge is 2.31. The van der Waals surface area contributed by atoms with Gasteiger partial charge in [0.2, 0.25) is 10.0 Å². The summed E-state index contributed by atoms with van der Waals surface area (Å²) >= 11 is 0. The Hall–Kier alpha value is -1.27. The Morgan fingerprint density at radius 2 is 1.84 bits per heavy atom. The van der Waals surface area contributed by atoms with Crippen molar-refractivity contribution in [1.29, 1.82) is 0 Å². The zero-order valence-electron chi connectivity index (χ0n) is 11.3. The summed E-state index contributed by atoms with van der Waals surface area (Å²) in [5.41, 5.74) is 0. The summed E-state index contributed by atoms with van der Waals surface area (Å²) in [6.07, 6.45) is 2.19. The summed E-state index contributed by atoms with van der Waals surface area (Å²) in [5.74, 6) is 1.39. The highest BCUT2D eigenvalue weighted by atomic mass is 32.2. The van der Waals surface area contributed by atoms with Crippen molar-refractivity contribution < 1.29 is 17.9 Å². The Bertz CT molecular complexity index is 552. The molecule has 0 amide bonds. The van der Waals surface area contributed by atoms with Crippen molar-refractivity contribution in [3.8, 4) is 11.5 Å². The van der Waals surface area contributed by atoms with Gasteiger partial charge in [0.15, 0.2) is 11.5 Å². The molecule has 1 atom stereocenters. The Balaban J connectivity index is 2.24. The summed E-state index contributed by atoms with van der Waals surface area (Å²) in [6.45, 7) is 1.90. The molecule has 0 aliphatic heterocycles. The third-order valence-corrected chi connectivity index (χ3v) is 4.89. The van der Waals surface area contributed by atoms with Crippen molar-refractivity contribution in [3.63, 3.8) is 0 Å². The maximum atomic E-state index is 12.2. The van der Waals surface area contributed by atoms with Crippen molar-refractivity contribution >= 4 is 10.0 Å². The van der Waals surface area contributed by atoms with Crippen molar-refractivity contribution in [2.45, 2.75) is 30.7 Å². The predicted molar refractivity (Wildman–Crippen MR) is 72.1 cm³/mol. The molecule has 0 aromatic heterocycles. The molecule has 106 valence electrons. The predicted octanol–water partition coefficient (Wildman–Crippen LogP) is 1.78. The Kier molecular flexibility index (Phi) is 4.01. The van der Waals surface area contributed by atoms with E-state index in [1.807, 2.05) is 6.92 Å². The van der Waals surface area contributed by atoms with Gasteiger partial charge in [-0.05, 0) is 37.8 Å². The molecule has 0 bridgehead atoms. The summed E-state index contributed by atoms with van der Waals surface area (Å²) in [7, 11) is -0.514. The molecule has 0 saturated heterocycles. The second-order valence-corrected chi connectivity index (χ2v) is 6.48. The van der Waals surface area contributed by atoms with Crippen LogP contribution in [0.1, 0.15) is 19.8 Å². The molecule has 0 unspecified atom stereocenters. The van der Waals surface area contributed by atoms with Gasteiger partial charge in [-0.2, -0.15) is 0 Å². The fourth-order valence-corrected chi connectivity index (χ4v) is 3.32. The Labute approximate surface area is 114 Å². The summed E-state index contributed by atoms with van der Waals surface area (Å²) in [4.78, 5) is 0.192. The van der Waals surface area contributed by atoms with Crippen molar-refractivity contribution in [2.75, 3.05) is 14.2 Å². The zero-order valence-corrected chi connectivity index (χ0v) is 12.2. The molecule has 6 heteroatoms. The first-order valence-electron chi connectivity index (χ1n) is 6.22. The van der Waals surface area contributed by atoms with Crippen molar-refractivity contribution in [1.82, 2.24) is 4.72 Å². The monoisotopic (exact) mass is 285 g/mol. The van der Waals surface area contributed by atoms with Crippen molar-refractivity contribution in [3.05, 3.63) is 18.2 Å². The molecule has 1 aliphatic rings. The van der Waals surface area contributed by atoms with Crippen LogP contribution in [0.4, 0.5) is 0 Å². The number of sulfonamides is 1. The zero-order chi connectivity index (χ0) is 14.0.